The van der Waals surface area contributed by atoms with Gasteiger partial charge in [0.15, 0.2) is 0 Å². The van der Waals surface area contributed by atoms with E-state index in [1.165, 1.54) is 22.0 Å². The number of amides is 4. The van der Waals surface area contributed by atoms with Crippen molar-refractivity contribution in [3.8, 4) is 5.75 Å². The molecule has 0 aliphatic carbocycles. The van der Waals surface area contributed by atoms with E-state index in [1.54, 1.807) is 46.3 Å². The Kier molecular flexibility index (Phi) is 9.05. The molecule has 204 valence electrons. The van der Waals surface area contributed by atoms with Gasteiger partial charge >= 0.3 is 6.03 Å². The van der Waals surface area contributed by atoms with Crippen LogP contribution in [0, 0.1) is 5.82 Å². The maximum absolute atomic E-state index is 13.6. The van der Waals surface area contributed by atoms with Crippen LogP contribution < -0.4 is 21.2 Å². The molecule has 13 heteroatoms. The number of hydrogen-bond donors (Lipinski definition) is 3. The van der Waals surface area contributed by atoms with Crippen LogP contribution in [-0.2, 0) is 22.7 Å². The van der Waals surface area contributed by atoms with Crippen molar-refractivity contribution in [2.45, 2.75) is 38.6 Å². The predicted molar refractivity (Wildman–Crippen MR) is 140 cm³/mol. The van der Waals surface area contributed by atoms with Crippen LogP contribution in [0.2, 0.25) is 0 Å². The third-order valence-electron chi connectivity index (χ3n) is 6.70. The third kappa shape index (κ3) is 6.01. The lowest BCUT2D eigenvalue weighted by Crippen LogP contribution is -2.76. The monoisotopic (exact) mass is 545 g/mol. The number of likely N-dealkylation sites (N-methyl/N-ethyl adjacent to an activating group) is 1. The molecule has 2 fully saturated rings. The molecule has 4 amide bonds. The van der Waals surface area contributed by atoms with Gasteiger partial charge in [-0.3, -0.25) is 14.7 Å². The number of benzene rings is 2. The summed E-state index contributed by atoms with van der Waals surface area (Å²) in [5.41, 5.74) is 1.58. The summed E-state index contributed by atoms with van der Waals surface area (Å²) in [6.45, 7) is 2.83. The van der Waals surface area contributed by atoms with Crippen molar-refractivity contribution < 1.29 is 23.6 Å². The molecule has 2 heterocycles. The zero-order chi connectivity index (χ0) is 27.2. The van der Waals surface area contributed by atoms with Crippen molar-refractivity contribution >= 4 is 29.8 Å². The number of nitrogens with zero attached hydrogens (tertiary/aromatic N) is 4. The fourth-order valence-electron chi connectivity index (χ4n) is 4.82. The lowest BCUT2D eigenvalue weighted by molar-refractivity contribution is -0.190. The van der Waals surface area contributed by atoms with E-state index in [2.05, 4.69) is 5.32 Å². The molecule has 0 radical (unpaired) electrons. The maximum atomic E-state index is 13.6. The second kappa shape index (κ2) is 12.4. The molecular formula is C25H32FN7O4S. The minimum Gasteiger partial charge on any atom is -0.412 e. The normalized spacial score (nSPS) is 19.9. The van der Waals surface area contributed by atoms with E-state index >= 15 is 0 Å². The molecule has 11 nitrogen and oxygen atoms in total. The Hall–Kier alpha value is -3.39. The Balaban J connectivity index is 1.60. The Bertz CT molecular complexity index is 1140. The average molecular weight is 546 g/mol. The molecule has 2 aliphatic heterocycles. The van der Waals surface area contributed by atoms with Gasteiger partial charge in [-0.25, -0.2) is 19.2 Å². The van der Waals surface area contributed by atoms with E-state index in [-0.39, 0.29) is 43.8 Å². The van der Waals surface area contributed by atoms with Gasteiger partial charge in [0.25, 0.3) is 0 Å². The van der Waals surface area contributed by atoms with Gasteiger partial charge in [-0.05, 0) is 41.8 Å². The van der Waals surface area contributed by atoms with E-state index in [9.17, 15) is 18.8 Å². The van der Waals surface area contributed by atoms with Crippen LogP contribution in [0.1, 0.15) is 24.5 Å². The lowest BCUT2D eigenvalue weighted by atomic mass is 10.0. The first-order valence-electron chi connectivity index (χ1n) is 12.3. The van der Waals surface area contributed by atoms with Gasteiger partial charge in [0.2, 0.25) is 11.8 Å². The predicted octanol–water partition coefficient (Wildman–Crippen LogP) is 1.40. The molecule has 2 aromatic rings. The molecule has 4 rings (SSSR count). The number of rotatable bonds is 9. The van der Waals surface area contributed by atoms with Crippen molar-refractivity contribution in [1.29, 1.82) is 0 Å². The van der Waals surface area contributed by atoms with Gasteiger partial charge < -0.3 is 20.0 Å². The van der Waals surface area contributed by atoms with E-state index in [1.807, 2.05) is 6.92 Å². The Morgan fingerprint density at radius 2 is 1.82 bits per heavy atom. The van der Waals surface area contributed by atoms with Gasteiger partial charge in [0.05, 0.1) is 13.1 Å². The summed E-state index contributed by atoms with van der Waals surface area (Å²) in [7, 11) is 0. The standard InChI is InChI=1S/C25H32FN7O4S/c1-2-31-16-23(34)32-21(11-12-38-28)24(35)30(14-18-3-7-19(26)8-4-18)15-22(32)33(31)25(36)29-13-17-5-9-20(37-27)10-6-17/h3-10,21-22H,2,11-16,27-28H2,1H3,(H,29,36)/t21-,22-/m0/s1. The van der Waals surface area contributed by atoms with Gasteiger partial charge in [-0.2, -0.15) is 5.90 Å². The molecule has 0 aromatic heterocycles. The number of hydrazine groups is 1. The first-order valence-corrected chi connectivity index (χ1v) is 13.3. The first-order chi connectivity index (χ1) is 18.4. The molecule has 2 atom stereocenters. The van der Waals surface area contributed by atoms with E-state index in [0.717, 1.165) is 23.1 Å². The van der Waals surface area contributed by atoms with E-state index in [0.29, 0.717) is 24.5 Å². The molecule has 0 spiro atoms. The van der Waals surface area contributed by atoms with Gasteiger partial charge in [-0.1, -0.05) is 43.1 Å². The van der Waals surface area contributed by atoms with Crippen LogP contribution >= 0.6 is 11.9 Å². The average Bonchev–Trinajstić information content (AvgIpc) is 2.93. The van der Waals surface area contributed by atoms with Gasteiger partial charge in [0, 0.05) is 25.4 Å². The Morgan fingerprint density at radius 1 is 1.13 bits per heavy atom. The number of nitrogens with two attached hydrogens (primary N) is 2. The largest absolute Gasteiger partial charge is 0.412 e. The summed E-state index contributed by atoms with van der Waals surface area (Å²) in [6.07, 6.45) is -0.366. The summed E-state index contributed by atoms with van der Waals surface area (Å²) in [5.74, 6) is 5.32. The highest BCUT2D eigenvalue weighted by molar-refractivity contribution is 7.97. The van der Waals surface area contributed by atoms with E-state index < -0.39 is 18.2 Å². The zero-order valence-electron chi connectivity index (χ0n) is 21.1. The molecular weight excluding hydrogens is 513 g/mol. The number of urea groups is 1. The topological polar surface area (TPSA) is 137 Å². The summed E-state index contributed by atoms with van der Waals surface area (Å²) in [5, 5.41) is 11.8. The zero-order valence-corrected chi connectivity index (χ0v) is 21.9. The molecule has 2 aliphatic rings. The minimum absolute atomic E-state index is 0.0273. The van der Waals surface area contributed by atoms with Gasteiger partial charge in [0.1, 0.15) is 23.8 Å². The molecule has 0 unspecified atom stereocenters. The van der Waals surface area contributed by atoms with Crippen LogP contribution in [0.25, 0.3) is 0 Å². The maximum Gasteiger partial charge on any atom is 0.334 e. The van der Waals surface area contributed by atoms with Crippen molar-refractivity contribution in [1.82, 2.24) is 25.1 Å². The van der Waals surface area contributed by atoms with Crippen LogP contribution in [0.3, 0.4) is 0 Å². The van der Waals surface area contributed by atoms with Crippen LogP contribution in [0.15, 0.2) is 48.5 Å². The lowest BCUT2D eigenvalue weighted by Gasteiger charge is -2.55. The van der Waals surface area contributed by atoms with E-state index in [4.69, 9.17) is 15.9 Å². The summed E-state index contributed by atoms with van der Waals surface area (Å²) >= 11 is 1.09. The molecule has 0 bridgehead atoms. The minimum atomic E-state index is -0.768. The second-order valence-electron chi connectivity index (χ2n) is 9.05. The number of fused-ring (bicyclic) bond motifs is 1. The number of carbonyl (C=O) groups excluding carboxylic acids is 3. The number of piperazine rings is 1. The summed E-state index contributed by atoms with van der Waals surface area (Å²) in [6, 6.07) is 11.7. The summed E-state index contributed by atoms with van der Waals surface area (Å²) in [4.78, 5) is 48.2. The SMILES string of the molecule is CCN1CC(=O)N2[C@@H](CCSN)C(=O)N(Cc3ccc(F)cc3)C[C@@H]2N1C(=O)NCc1ccc(ON)cc1. The molecule has 38 heavy (non-hydrogen) atoms. The van der Waals surface area contributed by atoms with Crippen molar-refractivity contribution in [2.24, 2.45) is 11.0 Å². The van der Waals surface area contributed by atoms with Crippen molar-refractivity contribution in [3.63, 3.8) is 0 Å². The Labute approximate surface area is 224 Å². The molecule has 2 saturated heterocycles. The number of halogens is 1. The Morgan fingerprint density at radius 3 is 2.45 bits per heavy atom. The molecule has 2 aromatic carbocycles. The van der Waals surface area contributed by atoms with Crippen LogP contribution in [0.5, 0.6) is 5.75 Å². The molecule has 5 N–H and O–H groups in total. The van der Waals surface area contributed by atoms with Crippen molar-refractivity contribution in [3.05, 3.63) is 65.5 Å². The third-order valence-corrected chi connectivity index (χ3v) is 7.17. The first kappa shape index (κ1) is 27.6. The fraction of sp³-hybridized carbons (Fsp3) is 0.400. The summed E-state index contributed by atoms with van der Waals surface area (Å²) < 4.78 is 13.5. The number of carbonyl (C=O) groups is 3. The number of hydrogen-bond acceptors (Lipinski definition) is 8. The second-order valence-corrected chi connectivity index (χ2v) is 9.79. The van der Waals surface area contributed by atoms with Crippen LogP contribution in [0.4, 0.5) is 9.18 Å². The van der Waals surface area contributed by atoms with Gasteiger partial charge in [-0.15, -0.1) is 0 Å². The van der Waals surface area contributed by atoms with Crippen LogP contribution in [-0.4, -0.2) is 75.3 Å². The highest BCUT2D eigenvalue weighted by Gasteiger charge is 2.50. The number of nitrogens with one attached hydrogen (secondary N) is 1. The quantitative estimate of drug-likeness (QED) is 0.318. The fourth-order valence-corrected chi connectivity index (χ4v) is 5.18. The smallest absolute Gasteiger partial charge is 0.334 e. The highest BCUT2D eigenvalue weighted by Crippen LogP contribution is 2.29. The molecule has 0 saturated carbocycles. The van der Waals surface area contributed by atoms with Crippen molar-refractivity contribution in [2.75, 3.05) is 25.4 Å². The highest BCUT2D eigenvalue weighted by atomic mass is 32.2.